The molecule has 1 aliphatic rings. The lowest BCUT2D eigenvalue weighted by atomic mass is 10.1. The van der Waals surface area contributed by atoms with Gasteiger partial charge in [-0.25, -0.2) is 0 Å². The fourth-order valence-corrected chi connectivity index (χ4v) is 2.38. The topological polar surface area (TPSA) is 39.5 Å². The molecule has 0 saturated carbocycles. The summed E-state index contributed by atoms with van der Waals surface area (Å²) in [7, 11) is 0. The minimum atomic E-state index is -0.0468. The van der Waals surface area contributed by atoms with Crippen molar-refractivity contribution >= 4 is 0 Å². The molecule has 1 aliphatic heterocycles. The minimum Gasteiger partial charge on any atom is -0.375 e. The number of ether oxygens (including phenoxy) is 1. The Bertz CT molecular complexity index is 285. The predicted octanol–water partition coefficient (Wildman–Crippen LogP) is 2.11. The quantitative estimate of drug-likeness (QED) is 0.739. The smallest absolute Gasteiger partial charge is 0.0978 e. The molecule has 19 heavy (non-hydrogen) atoms. The van der Waals surface area contributed by atoms with Crippen LogP contribution in [-0.4, -0.2) is 60.8 Å². The summed E-state index contributed by atoms with van der Waals surface area (Å²) in [5.74, 6) is 0. The van der Waals surface area contributed by atoms with E-state index in [4.69, 9.17) is 4.74 Å². The zero-order valence-electron chi connectivity index (χ0n) is 13.0. The zero-order valence-corrected chi connectivity index (χ0v) is 13.0. The van der Waals surface area contributed by atoms with E-state index in [0.717, 1.165) is 52.2 Å². The second-order valence-corrected chi connectivity index (χ2v) is 6.27. The molecule has 0 aromatic rings. The summed E-state index contributed by atoms with van der Waals surface area (Å²) in [6, 6.07) is 2.54. The van der Waals surface area contributed by atoms with Gasteiger partial charge in [-0.05, 0) is 27.2 Å². The van der Waals surface area contributed by atoms with Gasteiger partial charge in [0.1, 0.15) is 0 Å². The SMILES string of the molecule is CCCC(C#N)N1CCN(CCOC(C)(C)C)CC1. The molecule has 1 rings (SSSR count). The molecule has 0 amide bonds. The summed E-state index contributed by atoms with van der Waals surface area (Å²) in [5, 5.41) is 9.18. The highest BCUT2D eigenvalue weighted by Crippen LogP contribution is 2.11. The third-order valence-electron chi connectivity index (χ3n) is 3.50. The number of piperazine rings is 1. The first-order valence-corrected chi connectivity index (χ1v) is 7.46. The second kappa shape index (κ2) is 7.84. The summed E-state index contributed by atoms with van der Waals surface area (Å²) in [5.41, 5.74) is -0.0468. The van der Waals surface area contributed by atoms with Crippen molar-refractivity contribution in [1.82, 2.24) is 9.80 Å². The molecule has 1 heterocycles. The Morgan fingerprint density at radius 2 is 1.84 bits per heavy atom. The highest BCUT2D eigenvalue weighted by atomic mass is 16.5. The van der Waals surface area contributed by atoms with Gasteiger partial charge in [-0.15, -0.1) is 0 Å². The van der Waals surface area contributed by atoms with Crippen LogP contribution in [-0.2, 0) is 4.74 Å². The third kappa shape index (κ3) is 6.38. The van der Waals surface area contributed by atoms with E-state index < -0.39 is 0 Å². The standard InChI is InChI=1S/C15H29N3O/c1-5-6-14(13-16)18-9-7-17(8-10-18)11-12-19-15(2,3)4/h14H,5-12H2,1-4H3. The van der Waals surface area contributed by atoms with E-state index in [1.807, 2.05) is 0 Å². The van der Waals surface area contributed by atoms with Gasteiger partial charge in [0, 0.05) is 32.7 Å². The summed E-state index contributed by atoms with van der Waals surface area (Å²) in [4.78, 5) is 4.76. The van der Waals surface area contributed by atoms with E-state index in [0.29, 0.717) is 0 Å². The zero-order chi connectivity index (χ0) is 14.3. The van der Waals surface area contributed by atoms with Gasteiger partial charge in [0.2, 0.25) is 0 Å². The van der Waals surface area contributed by atoms with E-state index in [-0.39, 0.29) is 11.6 Å². The lowest BCUT2D eigenvalue weighted by Gasteiger charge is -2.37. The molecular weight excluding hydrogens is 238 g/mol. The number of rotatable bonds is 6. The number of hydrogen-bond acceptors (Lipinski definition) is 4. The molecule has 0 aromatic carbocycles. The third-order valence-corrected chi connectivity index (χ3v) is 3.50. The van der Waals surface area contributed by atoms with Gasteiger partial charge >= 0.3 is 0 Å². The molecule has 4 heteroatoms. The van der Waals surface area contributed by atoms with Crippen LogP contribution in [0.1, 0.15) is 40.5 Å². The van der Waals surface area contributed by atoms with E-state index in [1.165, 1.54) is 0 Å². The van der Waals surface area contributed by atoms with E-state index in [2.05, 4.69) is 43.6 Å². The predicted molar refractivity (Wildman–Crippen MR) is 78.0 cm³/mol. The highest BCUT2D eigenvalue weighted by Gasteiger charge is 2.23. The van der Waals surface area contributed by atoms with Gasteiger partial charge in [-0.2, -0.15) is 5.26 Å². The molecule has 4 nitrogen and oxygen atoms in total. The van der Waals surface area contributed by atoms with Crippen LogP contribution in [0, 0.1) is 11.3 Å². The van der Waals surface area contributed by atoms with Gasteiger partial charge in [0.05, 0.1) is 24.3 Å². The molecule has 0 aliphatic carbocycles. The molecular formula is C15H29N3O. The second-order valence-electron chi connectivity index (χ2n) is 6.27. The van der Waals surface area contributed by atoms with Gasteiger partial charge in [0.25, 0.3) is 0 Å². The number of nitriles is 1. The Labute approximate surface area is 118 Å². The minimum absolute atomic E-state index is 0.0468. The van der Waals surface area contributed by atoms with Gasteiger partial charge in [-0.3, -0.25) is 9.80 Å². The molecule has 0 bridgehead atoms. The molecule has 110 valence electrons. The van der Waals surface area contributed by atoms with Crippen LogP contribution in [0.15, 0.2) is 0 Å². The molecule has 0 aromatic heterocycles. The summed E-state index contributed by atoms with van der Waals surface area (Å²) < 4.78 is 5.76. The normalized spacial score (nSPS) is 20.2. The fraction of sp³-hybridized carbons (Fsp3) is 0.933. The lowest BCUT2D eigenvalue weighted by Crippen LogP contribution is -2.50. The Balaban J connectivity index is 2.23. The van der Waals surface area contributed by atoms with Crippen molar-refractivity contribution in [3.63, 3.8) is 0 Å². The van der Waals surface area contributed by atoms with Gasteiger partial charge in [0.15, 0.2) is 0 Å². The lowest BCUT2D eigenvalue weighted by molar-refractivity contribution is -0.0187. The maximum absolute atomic E-state index is 9.18. The van der Waals surface area contributed by atoms with Crippen molar-refractivity contribution in [2.75, 3.05) is 39.3 Å². The van der Waals surface area contributed by atoms with E-state index in [1.54, 1.807) is 0 Å². The fourth-order valence-electron chi connectivity index (χ4n) is 2.38. The maximum atomic E-state index is 9.18. The monoisotopic (exact) mass is 267 g/mol. The van der Waals surface area contributed by atoms with Crippen LogP contribution in [0.5, 0.6) is 0 Å². The molecule has 1 unspecified atom stereocenters. The van der Waals surface area contributed by atoms with Crippen LogP contribution in [0.2, 0.25) is 0 Å². The van der Waals surface area contributed by atoms with Crippen molar-refractivity contribution in [3.05, 3.63) is 0 Å². The van der Waals surface area contributed by atoms with Crippen molar-refractivity contribution in [2.45, 2.75) is 52.2 Å². The maximum Gasteiger partial charge on any atom is 0.0978 e. The van der Waals surface area contributed by atoms with Gasteiger partial charge in [-0.1, -0.05) is 13.3 Å². The molecule has 0 N–H and O–H groups in total. The van der Waals surface area contributed by atoms with Crippen LogP contribution in [0.4, 0.5) is 0 Å². The van der Waals surface area contributed by atoms with Crippen molar-refractivity contribution in [2.24, 2.45) is 0 Å². The molecule has 1 fully saturated rings. The largest absolute Gasteiger partial charge is 0.375 e. The summed E-state index contributed by atoms with van der Waals surface area (Å²) in [6.45, 7) is 14.3. The Morgan fingerprint density at radius 1 is 1.21 bits per heavy atom. The van der Waals surface area contributed by atoms with E-state index >= 15 is 0 Å². The van der Waals surface area contributed by atoms with Crippen molar-refractivity contribution in [1.29, 1.82) is 5.26 Å². The highest BCUT2D eigenvalue weighted by molar-refractivity contribution is 4.93. The molecule has 0 radical (unpaired) electrons. The first-order valence-electron chi connectivity index (χ1n) is 7.46. The van der Waals surface area contributed by atoms with Crippen LogP contribution in [0.3, 0.4) is 0 Å². The van der Waals surface area contributed by atoms with Crippen LogP contribution < -0.4 is 0 Å². The molecule has 1 atom stereocenters. The van der Waals surface area contributed by atoms with Crippen LogP contribution in [0.25, 0.3) is 0 Å². The number of hydrogen-bond donors (Lipinski definition) is 0. The first-order chi connectivity index (χ1) is 8.96. The van der Waals surface area contributed by atoms with Crippen molar-refractivity contribution < 1.29 is 4.74 Å². The molecule has 1 saturated heterocycles. The van der Waals surface area contributed by atoms with Gasteiger partial charge < -0.3 is 4.74 Å². The molecule has 0 spiro atoms. The van der Waals surface area contributed by atoms with Crippen molar-refractivity contribution in [3.8, 4) is 6.07 Å². The summed E-state index contributed by atoms with van der Waals surface area (Å²) in [6.07, 6.45) is 2.07. The summed E-state index contributed by atoms with van der Waals surface area (Å²) >= 11 is 0. The Kier molecular flexibility index (Phi) is 6.78. The Morgan fingerprint density at radius 3 is 2.32 bits per heavy atom. The van der Waals surface area contributed by atoms with E-state index in [9.17, 15) is 5.26 Å². The Hall–Kier alpha value is -0.630. The average Bonchev–Trinajstić information content (AvgIpc) is 2.35. The number of nitrogens with zero attached hydrogens (tertiary/aromatic N) is 3. The average molecular weight is 267 g/mol. The van der Waals surface area contributed by atoms with Crippen LogP contribution >= 0.6 is 0 Å². The first kappa shape index (κ1) is 16.4.